The van der Waals surface area contributed by atoms with Crippen molar-refractivity contribution in [1.29, 1.82) is 0 Å². The second-order valence-electron chi connectivity index (χ2n) is 3.82. The van der Waals surface area contributed by atoms with E-state index in [0.29, 0.717) is 5.52 Å². The maximum absolute atomic E-state index is 11.8. The lowest BCUT2D eigenvalue weighted by molar-refractivity contribution is -0.384. The Bertz CT molecular complexity index is 602. The lowest BCUT2D eigenvalue weighted by atomic mass is 10.3. The minimum absolute atomic E-state index is 0.0726. The molecule has 2 aromatic rings. The second-order valence-corrected chi connectivity index (χ2v) is 3.82. The largest absolute Gasteiger partial charge is 0.423 e. The molecule has 1 aromatic carbocycles. The van der Waals surface area contributed by atoms with E-state index in [1.807, 2.05) is 0 Å². The van der Waals surface area contributed by atoms with E-state index in [0.717, 1.165) is 0 Å². The molecule has 1 aromatic heterocycles. The third kappa shape index (κ3) is 3.60. The molecule has 20 heavy (non-hydrogen) atoms. The maximum Gasteiger partial charge on any atom is 0.295 e. The number of non-ortho nitro benzene ring substituents is 1. The zero-order chi connectivity index (χ0) is 14.5. The van der Waals surface area contributed by atoms with Gasteiger partial charge in [0, 0.05) is 12.6 Å². The van der Waals surface area contributed by atoms with E-state index in [2.05, 4.69) is 15.0 Å². The normalized spacial score (nSPS) is 11.2. The Morgan fingerprint density at radius 2 is 2.30 bits per heavy atom. The van der Waals surface area contributed by atoms with E-state index in [1.54, 1.807) is 0 Å². The van der Waals surface area contributed by atoms with Crippen LogP contribution in [0.3, 0.4) is 0 Å². The van der Waals surface area contributed by atoms with Crippen LogP contribution in [0.1, 0.15) is 0 Å². The van der Waals surface area contributed by atoms with Crippen LogP contribution >= 0.6 is 0 Å². The number of nitrogens with zero attached hydrogens (tertiary/aromatic N) is 2. The lowest BCUT2D eigenvalue weighted by Crippen LogP contribution is -2.13. The summed E-state index contributed by atoms with van der Waals surface area (Å²) >= 11 is 0. The SMILES string of the molecule is O=[N+]([O-])c1ccc2nc(NCCOCC(F)F)oc2c1. The van der Waals surface area contributed by atoms with Crippen molar-refractivity contribution in [2.24, 2.45) is 0 Å². The van der Waals surface area contributed by atoms with Gasteiger partial charge in [-0.15, -0.1) is 0 Å². The summed E-state index contributed by atoms with van der Waals surface area (Å²) in [5, 5.41) is 13.3. The third-order valence-corrected chi connectivity index (χ3v) is 2.35. The summed E-state index contributed by atoms with van der Waals surface area (Å²) in [5.41, 5.74) is 0.641. The lowest BCUT2D eigenvalue weighted by Gasteiger charge is -2.03. The summed E-state index contributed by atoms with van der Waals surface area (Å²) in [4.78, 5) is 14.1. The van der Waals surface area contributed by atoms with Gasteiger partial charge in [0.15, 0.2) is 5.58 Å². The van der Waals surface area contributed by atoms with Gasteiger partial charge in [-0.05, 0) is 6.07 Å². The number of oxazole rings is 1. The van der Waals surface area contributed by atoms with E-state index >= 15 is 0 Å². The molecule has 0 amide bonds. The van der Waals surface area contributed by atoms with Crippen molar-refractivity contribution in [2.75, 3.05) is 25.1 Å². The van der Waals surface area contributed by atoms with Crippen LogP contribution in [0.25, 0.3) is 11.1 Å². The molecule has 0 unspecified atom stereocenters. The fraction of sp³-hybridized carbons (Fsp3) is 0.364. The zero-order valence-corrected chi connectivity index (χ0v) is 10.2. The fourth-order valence-electron chi connectivity index (χ4n) is 1.51. The number of alkyl halides is 2. The predicted octanol–water partition coefficient (Wildman–Crippen LogP) is 2.43. The average Bonchev–Trinajstić information content (AvgIpc) is 2.79. The number of ether oxygens (including phenoxy) is 1. The molecule has 0 aliphatic carbocycles. The molecule has 0 aliphatic heterocycles. The Balaban J connectivity index is 1.93. The average molecular weight is 287 g/mol. The molecule has 7 nitrogen and oxygen atoms in total. The number of hydrogen-bond donors (Lipinski definition) is 1. The number of nitro benzene ring substituents is 1. The van der Waals surface area contributed by atoms with Crippen molar-refractivity contribution in [2.45, 2.75) is 6.43 Å². The Morgan fingerprint density at radius 1 is 1.50 bits per heavy atom. The van der Waals surface area contributed by atoms with Crippen LogP contribution in [-0.4, -0.2) is 36.1 Å². The highest BCUT2D eigenvalue weighted by molar-refractivity contribution is 5.77. The van der Waals surface area contributed by atoms with Gasteiger partial charge in [0.25, 0.3) is 18.1 Å². The van der Waals surface area contributed by atoms with Gasteiger partial charge in [-0.3, -0.25) is 10.1 Å². The minimum Gasteiger partial charge on any atom is -0.423 e. The van der Waals surface area contributed by atoms with E-state index < -0.39 is 18.0 Å². The molecule has 1 heterocycles. The van der Waals surface area contributed by atoms with Crippen molar-refractivity contribution >= 4 is 22.8 Å². The second kappa shape index (κ2) is 6.24. The summed E-state index contributed by atoms with van der Waals surface area (Å²) in [6.45, 7) is -0.313. The van der Waals surface area contributed by atoms with E-state index in [-0.39, 0.29) is 30.4 Å². The smallest absolute Gasteiger partial charge is 0.295 e. The Hall–Kier alpha value is -2.29. The van der Waals surface area contributed by atoms with Gasteiger partial charge in [0.2, 0.25) is 0 Å². The quantitative estimate of drug-likeness (QED) is 0.478. The zero-order valence-electron chi connectivity index (χ0n) is 10.2. The molecule has 0 saturated carbocycles. The van der Waals surface area contributed by atoms with Gasteiger partial charge in [-0.25, -0.2) is 8.78 Å². The van der Waals surface area contributed by atoms with Crippen molar-refractivity contribution in [3.8, 4) is 0 Å². The molecule has 1 N–H and O–H groups in total. The standard InChI is InChI=1S/C11H11F2N3O4/c12-10(13)6-19-4-3-14-11-15-8-2-1-7(16(17)18)5-9(8)20-11/h1-2,5,10H,3-4,6H2,(H,14,15). The monoisotopic (exact) mass is 287 g/mol. The third-order valence-electron chi connectivity index (χ3n) is 2.35. The number of halogens is 2. The Labute approximate surface area is 111 Å². The molecular formula is C11H11F2N3O4. The van der Waals surface area contributed by atoms with Gasteiger partial charge in [-0.1, -0.05) is 0 Å². The number of rotatable bonds is 7. The van der Waals surface area contributed by atoms with Gasteiger partial charge < -0.3 is 14.5 Å². The fourth-order valence-corrected chi connectivity index (χ4v) is 1.51. The number of hydrogen-bond acceptors (Lipinski definition) is 6. The van der Waals surface area contributed by atoms with Crippen LogP contribution in [0.4, 0.5) is 20.5 Å². The summed E-state index contributed by atoms with van der Waals surface area (Å²) in [6, 6.07) is 4.21. The number of nitrogens with one attached hydrogen (secondary N) is 1. The van der Waals surface area contributed by atoms with Crippen molar-refractivity contribution in [3.05, 3.63) is 28.3 Å². The van der Waals surface area contributed by atoms with Crippen LogP contribution in [0.15, 0.2) is 22.6 Å². The molecule has 0 atom stereocenters. The van der Waals surface area contributed by atoms with Crippen molar-refractivity contribution < 1.29 is 22.9 Å². The first-order valence-electron chi connectivity index (χ1n) is 5.71. The van der Waals surface area contributed by atoms with Crippen molar-refractivity contribution in [3.63, 3.8) is 0 Å². The van der Waals surface area contributed by atoms with Gasteiger partial charge in [-0.2, -0.15) is 4.98 Å². The molecular weight excluding hydrogens is 276 g/mol. The molecule has 0 spiro atoms. The van der Waals surface area contributed by atoms with Crippen LogP contribution in [0.2, 0.25) is 0 Å². The Kier molecular flexibility index (Phi) is 4.41. The summed E-state index contributed by atoms with van der Waals surface area (Å²) in [7, 11) is 0. The van der Waals surface area contributed by atoms with E-state index in [1.165, 1.54) is 18.2 Å². The number of fused-ring (bicyclic) bond motifs is 1. The first kappa shape index (κ1) is 14.1. The highest BCUT2D eigenvalue weighted by atomic mass is 19.3. The summed E-state index contributed by atoms with van der Waals surface area (Å²) < 4.78 is 33.5. The molecule has 0 radical (unpaired) electrons. The Morgan fingerprint density at radius 3 is 3.00 bits per heavy atom. The summed E-state index contributed by atoms with van der Waals surface area (Å²) in [6.07, 6.45) is -2.50. The highest BCUT2D eigenvalue weighted by Crippen LogP contribution is 2.23. The molecule has 0 aliphatic rings. The maximum atomic E-state index is 11.8. The predicted molar refractivity (Wildman–Crippen MR) is 66.0 cm³/mol. The van der Waals surface area contributed by atoms with Gasteiger partial charge in [0.1, 0.15) is 12.1 Å². The minimum atomic E-state index is -2.50. The first-order valence-corrected chi connectivity index (χ1v) is 5.71. The van der Waals surface area contributed by atoms with E-state index in [9.17, 15) is 18.9 Å². The van der Waals surface area contributed by atoms with Crippen LogP contribution in [-0.2, 0) is 4.74 Å². The molecule has 0 saturated heterocycles. The highest BCUT2D eigenvalue weighted by Gasteiger charge is 2.11. The molecule has 9 heteroatoms. The van der Waals surface area contributed by atoms with Crippen molar-refractivity contribution in [1.82, 2.24) is 4.98 Å². The molecule has 2 rings (SSSR count). The number of anilines is 1. The first-order chi connectivity index (χ1) is 9.56. The van der Waals surface area contributed by atoms with Crippen LogP contribution in [0, 0.1) is 10.1 Å². The molecule has 0 fully saturated rings. The van der Waals surface area contributed by atoms with Crippen LogP contribution in [0.5, 0.6) is 0 Å². The van der Waals surface area contributed by atoms with Gasteiger partial charge in [0.05, 0.1) is 17.6 Å². The number of aromatic nitrogens is 1. The van der Waals surface area contributed by atoms with Crippen LogP contribution < -0.4 is 5.32 Å². The number of benzene rings is 1. The topological polar surface area (TPSA) is 90.4 Å². The summed E-state index contributed by atoms with van der Waals surface area (Å²) in [5.74, 6) is 0. The van der Waals surface area contributed by atoms with Gasteiger partial charge >= 0.3 is 0 Å². The van der Waals surface area contributed by atoms with E-state index in [4.69, 9.17) is 4.42 Å². The molecule has 0 bridgehead atoms. The molecule has 108 valence electrons. The number of nitro groups is 1.